The van der Waals surface area contributed by atoms with Gasteiger partial charge in [0.15, 0.2) is 0 Å². The Labute approximate surface area is 140 Å². The minimum absolute atomic E-state index is 0.155. The maximum atomic E-state index is 12.3. The molecule has 0 aliphatic rings. The number of carbonyl (C=O) groups excluding carboxylic acids is 2. The van der Waals surface area contributed by atoms with Crippen LogP contribution in [0.25, 0.3) is 10.9 Å². The van der Waals surface area contributed by atoms with E-state index in [0.29, 0.717) is 17.8 Å². The summed E-state index contributed by atoms with van der Waals surface area (Å²) < 4.78 is 0. The van der Waals surface area contributed by atoms with Crippen LogP contribution in [0, 0.1) is 0 Å². The Morgan fingerprint density at radius 3 is 2.54 bits per heavy atom. The van der Waals surface area contributed by atoms with Gasteiger partial charge in [-0.15, -0.1) is 0 Å². The lowest BCUT2D eigenvalue weighted by Crippen LogP contribution is -2.23. The molecular formula is C19H19N3O2. The van der Waals surface area contributed by atoms with Crippen LogP contribution in [-0.2, 0) is 6.54 Å². The fraction of sp³-hybridized carbons (Fsp3) is 0.158. The van der Waals surface area contributed by atoms with Gasteiger partial charge in [0.25, 0.3) is 5.91 Å². The third-order valence-electron chi connectivity index (χ3n) is 3.94. The number of carbonyl (C=O) groups is 2. The maximum Gasteiger partial charge on any atom is 0.267 e. The van der Waals surface area contributed by atoms with E-state index in [4.69, 9.17) is 0 Å². The van der Waals surface area contributed by atoms with Crippen molar-refractivity contribution in [2.75, 3.05) is 19.0 Å². The Kier molecular flexibility index (Phi) is 4.33. The Hall–Kier alpha value is -3.08. The van der Waals surface area contributed by atoms with E-state index in [9.17, 15) is 9.59 Å². The molecule has 0 saturated heterocycles. The van der Waals surface area contributed by atoms with Gasteiger partial charge in [-0.05, 0) is 23.8 Å². The number of rotatable bonds is 5. The first-order chi connectivity index (χ1) is 11.6. The first-order valence-electron chi connectivity index (χ1n) is 7.69. The summed E-state index contributed by atoms with van der Waals surface area (Å²) in [4.78, 5) is 28.1. The number of H-pyrrole nitrogens is 1. The van der Waals surface area contributed by atoms with Crippen LogP contribution >= 0.6 is 0 Å². The molecule has 3 aromatic rings. The van der Waals surface area contributed by atoms with Gasteiger partial charge in [-0.2, -0.15) is 0 Å². The van der Waals surface area contributed by atoms with Crippen LogP contribution in [-0.4, -0.2) is 31.3 Å². The number of fused-ring (bicyclic) bond motifs is 1. The summed E-state index contributed by atoms with van der Waals surface area (Å²) in [6, 6.07) is 15.0. The summed E-state index contributed by atoms with van der Waals surface area (Å²) in [5, 5.41) is 3.88. The van der Waals surface area contributed by atoms with Gasteiger partial charge < -0.3 is 15.2 Å². The normalized spacial score (nSPS) is 10.6. The summed E-state index contributed by atoms with van der Waals surface area (Å²) >= 11 is 0. The second kappa shape index (κ2) is 6.58. The van der Waals surface area contributed by atoms with Gasteiger partial charge in [0, 0.05) is 42.8 Å². The number of aromatic nitrogens is 1. The van der Waals surface area contributed by atoms with Crippen molar-refractivity contribution in [2.24, 2.45) is 0 Å². The molecule has 2 N–H and O–H groups in total. The van der Waals surface area contributed by atoms with Crippen molar-refractivity contribution >= 4 is 28.8 Å². The van der Waals surface area contributed by atoms with E-state index in [-0.39, 0.29) is 5.91 Å². The standard InChI is InChI=1S/C19H19N3O2/c1-22(2)16-8-7-15-9-18(21-17(15)10-16)19(24)20-11-13-3-5-14(12-23)6-4-13/h3-10,12,21H,11H2,1-2H3,(H,20,24). The van der Waals surface area contributed by atoms with Crippen molar-refractivity contribution in [1.29, 1.82) is 0 Å². The van der Waals surface area contributed by atoms with Crippen LogP contribution in [0.2, 0.25) is 0 Å². The molecule has 5 heteroatoms. The molecule has 0 radical (unpaired) electrons. The van der Waals surface area contributed by atoms with Crippen LogP contribution in [0.1, 0.15) is 26.4 Å². The van der Waals surface area contributed by atoms with Crippen LogP contribution in [0.4, 0.5) is 5.69 Å². The van der Waals surface area contributed by atoms with Gasteiger partial charge in [-0.1, -0.05) is 30.3 Å². The third-order valence-corrected chi connectivity index (χ3v) is 3.94. The molecule has 1 heterocycles. The number of anilines is 1. The van der Waals surface area contributed by atoms with Crippen molar-refractivity contribution in [3.63, 3.8) is 0 Å². The predicted octanol–water partition coefficient (Wildman–Crippen LogP) is 2.98. The Bertz CT molecular complexity index is 879. The molecule has 0 aliphatic carbocycles. The first kappa shape index (κ1) is 15.8. The van der Waals surface area contributed by atoms with Crippen LogP contribution < -0.4 is 10.2 Å². The average Bonchev–Trinajstić information content (AvgIpc) is 3.03. The zero-order valence-corrected chi connectivity index (χ0v) is 13.7. The fourth-order valence-electron chi connectivity index (χ4n) is 2.51. The number of nitrogens with zero attached hydrogens (tertiary/aromatic N) is 1. The maximum absolute atomic E-state index is 12.3. The SMILES string of the molecule is CN(C)c1ccc2cc(C(=O)NCc3ccc(C=O)cc3)[nH]c2c1. The van der Waals surface area contributed by atoms with Gasteiger partial charge >= 0.3 is 0 Å². The van der Waals surface area contributed by atoms with E-state index in [0.717, 1.165) is 28.4 Å². The van der Waals surface area contributed by atoms with Gasteiger partial charge in [-0.25, -0.2) is 0 Å². The molecule has 0 bridgehead atoms. The number of aldehydes is 1. The summed E-state index contributed by atoms with van der Waals surface area (Å²) in [5.74, 6) is -0.155. The molecule has 0 unspecified atom stereocenters. The monoisotopic (exact) mass is 321 g/mol. The third kappa shape index (κ3) is 3.30. The molecular weight excluding hydrogens is 302 g/mol. The number of aromatic amines is 1. The largest absolute Gasteiger partial charge is 0.378 e. The highest BCUT2D eigenvalue weighted by atomic mass is 16.1. The Balaban J connectivity index is 1.72. The quantitative estimate of drug-likeness (QED) is 0.710. The fourth-order valence-corrected chi connectivity index (χ4v) is 2.51. The van der Waals surface area contributed by atoms with E-state index in [1.807, 2.05) is 55.4 Å². The van der Waals surface area contributed by atoms with E-state index in [1.54, 1.807) is 12.1 Å². The number of amides is 1. The van der Waals surface area contributed by atoms with Crippen molar-refractivity contribution in [3.8, 4) is 0 Å². The lowest BCUT2D eigenvalue weighted by atomic mass is 10.1. The molecule has 0 saturated carbocycles. The predicted molar refractivity (Wildman–Crippen MR) is 95.6 cm³/mol. The second-order valence-electron chi connectivity index (χ2n) is 5.89. The Morgan fingerprint density at radius 2 is 1.88 bits per heavy atom. The van der Waals surface area contributed by atoms with E-state index in [2.05, 4.69) is 10.3 Å². The smallest absolute Gasteiger partial charge is 0.267 e. The number of benzene rings is 2. The highest BCUT2D eigenvalue weighted by Crippen LogP contribution is 2.21. The summed E-state index contributed by atoms with van der Waals surface area (Å²) in [6.45, 7) is 0.413. The Morgan fingerprint density at radius 1 is 1.12 bits per heavy atom. The molecule has 1 aromatic heterocycles. The van der Waals surface area contributed by atoms with Gasteiger partial charge in [-0.3, -0.25) is 9.59 Å². The van der Waals surface area contributed by atoms with Crippen molar-refractivity contribution in [3.05, 3.63) is 65.4 Å². The second-order valence-corrected chi connectivity index (χ2v) is 5.89. The molecule has 122 valence electrons. The van der Waals surface area contributed by atoms with Crippen molar-refractivity contribution in [1.82, 2.24) is 10.3 Å². The number of hydrogen-bond acceptors (Lipinski definition) is 3. The minimum Gasteiger partial charge on any atom is -0.378 e. The molecule has 0 aliphatic heterocycles. The van der Waals surface area contributed by atoms with Crippen LogP contribution in [0.15, 0.2) is 48.5 Å². The van der Waals surface area contributed by atoms with Crippen molar-refractivity contribution < 1.29 is 9.59 Å². The number of hydrogen-bond donors (Lipinski definition) is 2. The topological polar surface area (TPSA) is 65.2 Å². The van der Waals surface area contributed by atoms with Crippen LogP contribution in [0.3, 0.4) is 0 Å². The zero-order chi connectivity index (χ0) is 17.1. The molecule has 5 nitrogen and oxygen atoms in total. The molecule has 2 aromatic carbocycles. The van der Waals surface area contributed by atoms with Gasteiger partial charge in [0.1, 0.15) is 12.0 Å². The molecule has 0 spiro atoms. The summed E-state index contributed by atoms with van der Waals surface area (Å²) in [6.07, 6.45) is 0.800. The molecule has 1 amide bonds. The molecule has 24 heavy (non-hydrogen) atoms. The lowest BCUT2D eigenvalue weighted by molar-refractivity contribution is 0.0946. The van der Waals surface area contributed by atoms with Gasteiger partial charge in [0.2, 0.25) is 0 Å². The highest BCUT2D eigenvalue weighted by molar-refractivity contribution is 5.98. The van der Waals surface area contributed by atoms with E-state index < -0.39 is 0 Å². The molecule has 0 fully saturated rings. The van der Waals surface area contributed by atoms with Crippen LogP contribution in [0.5, 0.6) is 0 Å². The summed E-state index contributed by atoms with van der Waals surface area (Å²) in [5.41, 5.74) is 4.11. The highest BCUT2D eigenvalue weighted by Gasteiger charge is 2.10. The lowest BCUT2D eigenvalue weighted by Gasteiger charge is -2.11. The number of nitrogens with one attached hydrogen (secondary N) is 2. The first-order valence-corrected chi connectivity index (χ1v) is 7.69. The summed E-state index contributed by atoms with van der Waals surface area (Å²) in [7, 11) is 3.96. The minimum atomic E-state index is -0.155. The van der Waals surface area contributed by atoms with E-state index >= 15 is 0 Å². The zero-order valence-electron chi connectivity index (χ0n) is 13.7. The molecule has 0 atom stereocenters. The average molecular weight is 321 g/mol. The molecule has 3 rings (SSSR count). The van der Waals surface area contributed by atoms with Gasteiger partial charge in [0.05, 0.1) is 0 Å². The van der Waals surface area contributed by atoms with Crippen molar-refractivity contribution in [2.45, 2.75) is 6.54 Å². The van der Waals surface area contributed by atoms with E-state index in [1.165, 1.54) is 0 Å².